The van der Waals surface area contributed by atoms with Crippen LogP contribution in [0.25, 0.3) is 0 Å². The van der Waals surface area contributed by atoms with E-state index in [9.17, 15) is 33.6 Å². The predicted octanol–water partition coefficient (Wildman–Crippen LogP) is -0.775. The minimum atomic E-state index is -5.70. The van der Waals surface area contributed by atoms with Gasteiger partial charge in [-0.2, -0.15) is 8.62 Å². The first kappa shape index (κ1) is 22.4. The molecule has 0 saturated carbocycles. The third-order valence-electron chi connectivity index (χ3n) is 3.05. The summed E-state index contributed by atoms with van der Waals surface area (Å²) in [6, 6.07) is 2.13. The van der Waals surface area contributed by atoms with Crippen LogP contribution in [0.4, 0.5) is 0 Å². The van der Waals surface area contributed by atoms with Crippen molar-refractivity contribution in [2.45, 2.75) is 18.3 Å². The highest BCUT2D eigenvalue weighted by atomic mass is 31.3. The molecule has 3 unspecified atom stereocenters. The number of phosphoric ester groups is 1. The van der Waals surface area contributed by atoms with E-state index >= 15 is 0 Å². The molecule has 27 heavy (non-hydrogen) atoms. The van der Waals surface area contributed by atoms with Crippen molar-refractivity contribution >= 4 is 23.5 Å². The van der Waals surface area contributed by atoms with Gasteiger partial charge in [-0.3, -0.25) is 14.3 Å². The van der Waals surface area contributed by atoms with Crippen molar-refractivity contribution in [2.24, 2.45) is 0 Å². The fourth-order valence-electron chi connectivity index (χ4n) is 2.13. The summed E-state index contributed by atoms with van der Waals surface area (Å²) in [5.41, 5.74) is -0.729. The molecule has 5 atom stereocenters. The number of aromatic nitrogens is 1. The molecule has 0 aliphatic carbocycles. The van der Waals surface area contributed by atoms with Crippen molar-refractivity contribution in [1.82, 2.24) is 4.98 Å². The van der Waals surface area contributed by atoms with Gasteiger partial charge in [0.2, 0.25) is 0 Å². The Morgan fingerprint density at radius 1 is 1.07 bits per heavy atom. The molecule has 0 bridgehead atoms. The standard InChI is InChI=1S/C9H14NO14P3/c11-6-2-1-4(9(13)10-6)8-7(12)5(3-21-8)22-26(17,18)24-27(19,20)23-25(14,15)16/h1-2,5,7-8,12H,3H2,(H,17,18)(H,19,20)(H2,10,11,13)(H2,14,15,16)/t5-,7?,8-/m0/s1. The van der Waals surface area contributed by atoms with Gasteiger partial charge < -0.3 is 34.5 Å². The van der Waals surface area contributed by atoms with E-state index in [1.807, 2.05) is 4.98 Å². The van der Waals surface area contributed by atoms with E-state index in [-0.39, 0.29) is 5.56 Å². The van der Waals surface area contributed by atoms with Crippen LogP contribution < -0.4 is 5.56 Å². The number of H-pyrrole nitrogens is 1. The van der Waals surface area contributed by atoms with Crippen LogP contribution >= 0.6 is 23.5 Å². The summed E-state index contributed by atoms with van der Waals surface area (Å²) in [7, 11) is -16.7. The Balaban J connectivity index is 2.09. The van der Waals surface area contributed by atoms with Gasteiger partial charge in [-0.1, -0.05) is 0 Å². The fourth-order valence-corrected chi connectivity index (χ4v) is 5.32. The third-order valence-corrected chi connectivity index (χ3v) is 6.92. The Labute approximate surface area is 149 Å². The summed E-state index contributed by atoms with van der Waals surface area (Å²) in [6.45, 7) is -0.548. The summed E-state index contributed by atoms with van der Waals surface area (Å²) in [5.74, 6) is -0.634. The number of aliphatic hydroxyl groups is 1. The first-order chi connectivity index (χ1) is 12.2. The zero-order valence-corrected chi connectivity index (χ0v) is 15.6. The van der Waals surface area contributed by atoms with Gasteiger partial charge in [0.1, 0.15) is 18.3 Å². The van der Waals surface area contributed by atoms with Gasteiger partial charge in [0.05, 0.1) is 6.61 Å². The Morgan fingerprint density at radius 3 is 2.26 bits per heavy atom. The van der Waals surface area contributed by atoms with E-state index in [1.54, 1.807) is 0 Å². The highest BCUT2D eigenvalue weighted by Gasteiger charge is 2.46. The largest absolute Gasteiger partial charge is 0.494 e. The van der Waals surface area contributed by atoms with Gasteiger partial charge in [0.25, 0.3) is 5.56 Å². The van der Waals surface area contributed by atoms with Crippen LogP contribution in [0.5, 0.6) is 5.88 Å². The van der Waals surface area contributed by atoms with Crippen LogP contribution in [-0.2, 0) is 31.6 Å². The van der Waals surface area contributed by atoms with Crippen LogP contribution in [0.1, 0.15) is 11.7 Å². The molecule has 1 aromatic rings. The number of hydrogen-bond donors (Lipinski definition) is 7. The topological polar surface area (TPSA) is 242 Å². The number of aromatic amines is 1. The number of nitrogens with one attached hydrogen (secondary N) is 1. The molecule has 0 spiro atoms. The average molecular weight is 453 g/mol. The maximum absolute atomic E-state index is 11.8. The Bertz CT molecular complexity index is 892. The second-order valence-electron chi connectivity index (χ2n) is 5.11. The molecule has 154 valence electrons. The van der Waals surface area contributed by atoms with Crippen molar-refractivity contribution in [3.05, 3.63) is 28.0 Å². The summed E-state index contributed by atoms with van der Waals surface area (Å²) in [4.78, 5) is 48.5. The highest BCUT2D eigenvalue weighted by molar-refractivity contribution is 7.66. The zero-order valence-electron chi connectivity index (χ0n) is 12.9. The molecule has 7 N–H and O–H groups in total. The van der Waals surface area contributed by atoms with Crippen LogP contribution in [0.3, 0.4) is 0 Å². The maximum Gasteiger partial charge on any atom is 0.490 e. The van der Waals surface area contributed by atoms with Gasteiger partial charge in [-0.05, 0) is 6.07 Å². The van der Waals surface area contributed by atoms with E-state index in [4.69, 9.17) is 19.4 Å². The summed E-state index contributed by atoms with van der Waals surface area (Å²) in [6.07, 6.45) is -4.63. The SMILES string of the molecule is O=c1ccc([C@@H]2OC[C@H](OP(=O)(O)OP(=O)(O)OP(=O)(O)O)C2O)c(O)[nH]1. The molecule has 1 aromatic heterocycles. The first-order valence-electron chi connectivity index (χ1n) is 6.73. The molecule has 15 nitrogen and oxygen atoms in total. The summed E-state index contributed by atoms with van der Waals surface area (Å²) >= 11 is 0. The fraction of sp³-hybridized carbons (Fsp3) is 0.444. The van der Waals surface area contributed by atoms with E-state index in [0.29, 0.717) is 0 Å². The number of rotatable bonds is 7. The Morgan fingerprint density at radius 2 is 1.70 bits per heavy atom. The second-order valence-corrected chi connectivity index (χ2v) is 9.48. The lowest BCUT2D eigenvalue weighted by atomic mass is 10.0. The molecule has 2 heterocycles. The van der Waals surface area contributed by atoms with Gasteiger partial charge in [-0.25, -0.2) is 13.7 Å². The molecule has 1 aliphatic heterocycles. The monoisotopic (exact) mass is 453 g/mol. The number of ether oxygens (including phenoxy) is 1. The molecule has 0 radical (unpaired) electrons. The van der Waals surface area contributed by atoms with Crippen LogP contribution in [0, 0.1) is 0 Å². The molecule has 1 aliphatic rings. The molecular formula is C9H14NO14P3. The van der Waals surface area contributed by atoms with Crippen molar-refractivity contribution in [2.75, 3.05) is 6.61 Å². The van der Waals surface area contributed by atoms with Gasteiger partial charge in [-0.15, -0.1) is 0 Å². The minimum Gasteiger partial charge on any atom is -0.494 e. The first-order valence-corrected chi connectivity index (χ1v) is 11.3. The van der Waals surface area contributed by atoms with Crippen LogP contribution in [0.2, 0.25) is 0 Å². The lowest BCUT2D eigenvalue weighted by molar-refractivity contribution is 0.0199. The van der Waals surface area contributed by atoms with E-state index in [2.05, 4.69) is 13.1 Å². The summed E-state index contributed by atoms with van der Waals surface area (Å²) < 4.78 is 50.2. The molecule has 0 amide bonds. The molecule has 2 rings (SSSR count). The minimum absolute atomic E-state index is 0.0837. The Hall–Kier alpha value is -0.920. The van der Waals surface area contributed by atoms with Gasteiger partial charge in [0.15, 0.2) is 5.88 Å². The predicted molar refractivity (Wildman–Crippen MR) is 82.2 cm³/mol. The normalized spacial score (nSPS) is 27.8. The maximum atomic E-state index is 11.8. The lowest BCUT2D eigenvalue weighted by Gasteiger charge is -2.21. The molecule has 0 aromatic carbocycles. The molecule has 1 fully saturated rings. The van der Waals surface area contributed by atoms with E-state index < -0.39 is 59.8 Å². The van der Waals surface area contributed by atoms with Crippen molar-refractivity contribution < 1.29 is 61.4 Å². The van der Waals surface area contributed by atoms with Crippen molar-refractivity contribution in [3.63, 3.8) is 0 Å². The van der Waals surface area contributed by atoms with E-state index in [1.165, 1.54) is 0 Å². The average Bonchev–Trinajstić information content (AvgIpc) is 2.75. The van der Waals surface area contributed by atoms with Crippen molar-refractivity contribution in [3.8, 4) is 5.88 Å². The van der Waals surface area contributed by atoms with Crippen LogP contribution in [-0.4, -0.2) is 53.6 Å². The van der Waals surface area contributed by atoms with E-state index in [0.717, 1.165) is 12.1 Å². The number of aliphatic hydroxyl groups excluding tert-OH is 1. The van der Waals surface area contributed by atoms with Crippen molar-refractivity contribution in [1.29, 1.82) is 0 Å². The second kappa shape index (κ2) is 7.84. The van der Waals surface area contributed by atoms with Gasteiger partial charge in [0, 0.05) is 11.6 Å². The molecule has 1 saturated heterocycles. The molecular weight excluding hydrogens is 439 g/mol. The number of phosphoric acid groups is 3. The third kappa shape index (κ3) is 6.29. The molecule has 18 heteroatoms. The highest BCUT2D eigenvalue weighted by Crippen LogP contribution is 2.66. The smallest absolute Gasteiger partial charge is 0.490 e. The number of pyridine rings is 1. The van der Waals surface area contributed by atoms with Crippen LogP contribution in [0.15, 0.2) is 16.9 Å². The zero-order chi connectivity index (χ0) is 20.6. The number of hydrogen-bond acceptors (Lipinski definition) is 10. The lowest BCUT2D eigenvalue weighted by Crippen LogP contribution is -2.28. The Kier molecular flexibility index (Phi) is 6.49. The van der Waals surface area contributed by atoms with Gasteiger partial charge >= 0.3 is 23.5 Å². The quantitative estimate of drug-likeness (QED) is 0.251. The summed E-state index contributed by atoms with van der Waals surface area (Å²) in [5, 5.41) is 19.8. The number of aromatic hydroxyl groups is 1.